The molecule has 1 aromatic heterocycles. The fourth-order valence-corrected chi connectivity index (χ4v) is 3.48. The van der Waals surface area contributed by atoms with Crippen LogP contribution in [0.4, 0.5) is 0 Å². The number of hydrogen-bond acceptors (Lipinski definition) is 4. The fraction of sp³-hybridized carbons (Fsp3) is 0.526. The molecular weight excluding hydrogens is 286 g/mol. The number of nitrogens with two attached hydrogens (primary N) is 1. The standard InChI is InChI=1S/C19H27N3O/c1-14-6-3-4-8-17(14)19-21-18(15(2)23-19)13-22-11-5-7-16(12-22)9-10-20/h3-4,6,8,16H,5,7,9-13,20H2,1-2H3. The number of aryl methyl sites for hydroxylation is 2. The summed E-state index contributed by atoms with van der Waals surface area (Å²) >= 11 is 0. The Balaban J connectivity index is 1.73. The fourth-order valence-electron chi connectivity index (χ4n) is 3.48. The lowest BCUT2D eigenvalue weighted by atomic mass is 9.95. The Labute approximate surface area is 138 Å². The highest BCUT2D eigenvalue weighted by molar-refractivity contribution is 5.58. The SMILES string of the molecule is Cc1ccccc1-c1nc(CN2CCCC(CCN)C2)c(C)o1. The van der Waals surface area contributed by atoms with Gasteiger partial charge in [-0.15, -0.1) is 0 Å². The maximum Gasteiger partial charge on any atom is 0.226 e. The smallest absolute Gasteiger partial charge is 0.226 e. The molecule has 23 heavy (non-hydrogen) atoms. The largest absolute Gasteiger partial charge is 0.441 e. The number of piperidine rings is 1. The van der Waals surface area contributed by atoms with Crippen molar-refractivity contribution in [2.45, 2.75) is 39.7 Å². The van der Waals surface area contributed by atoms with E-state index in [1.54, 1.807) is 0 Å². The number of likely N-dealkylation sites (tertiary alicyclic amines) is 1. The highest BCUT2D eigenvalue weighted by Gasteiger charge is 2.22. The third-order valence-corrected chi connectivity index (χ3v) is 4.82. The molecule has 2 aromatic rings. The Morgan fingerprint density at radius 3 is 2.91 bits per heavy atom. The second-order valence-electron chi connectivity index (χ2n) is 6.66. The molecule has 0 spiro atoms. The lowest BCUT2D eigenvalue weighted by molar-refractivity contribution is 0.161. The molecule has 4 heteroatoms. The minimum atomic E-state index is 0.733. The van der Waals surface area contributed by atoms with Crippen molar-refractivity contribution in [3.05, 3.63) is 41.3 Å². The van der Waals surface area contributed by atoms with E-state index in [9.17, 15) is 0 Å². The first-order chi connectivity index (χ1) is 11.2. The Kier molecular flexibility index (Phi) is 5.13. The zero-order valence-electron chi connectivity index (χ0n) is 14.2. The van der Waals surface area contributed by atoms with Crippen LogP contribution >= 0.6 is 0 Å². The van der Waals surface area contributed by atoms with E-state index in [2.05, 4.69) is 24.0 Å². The van der Waals surface area contributed by atoms with Crippen LogP contribution in [0.5, 0.6) is 0 Å². The summed E-state index contributed by atoms with van der Waals surface area (Å²) in [4.78, 5) is 7.27. The zero-order chi connectivity index (χ0) is 16.2. The van der Waals surface area contributed by atoms with Crippen molar-refractivity contribution in [1.29, 1.82) is 0 Å². The van der Waals surface area contributed by atoms with Crippen molar-refractivity contribution in [2.75, 3.05) is 19.6 Å². The molecule has 1 aromatic carbocycles. The van der Waals surface area contributed by atoms with Crippen molar-refractivity contribution in [1.82, 2.24) is 9.88 Å². The quantitative estimate of drug-likeness (QED) is 0.917. The molecule has 3 rings (SSSR count). The van der Waals surface area contributed by atoms with Crippen LogP contribution in [0, 0.1) is 19.8 Å². The van der Waals surface area contributed by atoms with Gasteiger partial charge in [0.25, 0.3) is 0 Å². The minimum absolute atomic E-state index is 0.733. The van der Waals surface area contributed by atoms with Gasteiger partial charge in [0, 0.05) is 18.7 Å². The number of nitrogens with zero attached hydrogens (tertiary/aromatic N) is 2. The molecule has 0 bridgehead atoms. The molecule has 1 fully saturated rings. The van der Waals surface area contributed by atoms with Crippen LogP contribution in [0.15, 0.2) is 28.7 Å². The maximum atomic E-state index is 5.94. The van der Waals surface area contributed by atoms with Gasteiger partial charge >= 0.3 is 0 Å². The van der Waals surface area contributed by atoms with Gasteiger partial charge in [-0.3, -0.25) is 4.90 Å². The summed E-state index contributed by atoms with van der Waals surface area (Å²) in [7, 11) is 0. The normalized spacial score (nSPS) is 19.2. The molecule has 4 nitrogen and oxygen atoms in total. The number of oxazole rings is 1. The topological polar surface area (TPSA) is 55.3 Å². The third-order valence-electron chi connectivity index (χ3n) is 4.82. The molecule has 1 aliphatic rings. The van der Waals surface area contributed by atoms with Gasteiger partial charge in [0.05, 0.1) is 5.69 Å². The van der Waals surface area contributed by atoms with Crippen LogP contribution in [0.2, 0.25) is 0 Å². The van der Waals surface area contributed by atoms with E-state index in [4.69, 9.17) is 15.1 Å². The molecule has 1 saturated heterocycles. The summed E-state index contributed by atoms with van der Waals surface area (Å²) in [6.45, 7) is 8.06. The van der Waals surface area contributed by atoms with Gasteiger partial charge in [-0.25, -0.2) is 4.98 Å². The van der Waals surface area contributed by atoms with Gasteiger partial charge < -0.3 is 10.2 Å². The molecule has 0 aliphatic carbocycles. The summed E-state index contributed by atoms with van der Waals surface area (Å²) in [5, 5.41) is 0. The first-order valence-electron chi connectivity index (χ1n) is 8.62. The molecule has 1 atom stereocenters. The van der Waals surface area contributed by atoms with E-state index in [0.717, 1.165) is 61.4 Å². The van der Waals surface area contributed by atoms with E-state index in [1.165, 1.54) is 18.4 Å². The molecule has 0 amide bonds. The van der Waals surface area contributed by atoms with Crippen LogP contribution in [0.1, 0.15) is 36.3 Å². The minimum Gasteiger partial charge on any atom is -0.441 e. The van der Waals surface area contributed by atoms with E-state index in [1.807, 2.05) is 19.1 Å². The molecule has 0 saturated carbocycles. The number of hydrogen-bond donors (Lipinski definition) is 1. The van der Waals surface area contributed by atoms with Crippen molar-refractivity contribution < 1.29 is 4.42 Å². The Morgan fingerprint density at radius 2 is 2.13 bits per heavy atom. The van der Waals surface area contributed by atoms with Gasteiger partial charge in [-0.2, -0.15) is 0 Å². The Morgan fingerprint density at radius 1 is 1.30 bits per heavy atom. The first-order valence-corrected chi connectivity index (χ1v) is 8.62. The third kappa shape index (κ3) is 3.82. The van der Waals surface area contributed by atoms with Crippen molar-refractivity contribution in [3.8, 4) is 11.5 Å². The summed E-state index contributed by atoms with van der Waals surface area (Å²) in [6.07, 6.45) is 3.69. The van der Waals surface area contributed by atoms with Crippen molar-refractivity contribution in [3.63, 3.8) is 0 Å². The summed E-state index contributed by atoms with van der Waals surface area (Å²) < 4.78 is 5.94. The van der Waals surface area contributed by atoms with Crippen LogP contribution in [0.3, 0.4) is 0 Å². The predicted molar refractivity (Wildman–Crippen MR) is 93.1 cm³/mol. The average molecular weight is 313 g/mol. The second kappa shape index (κ2) is 7.28. The zero-order valence-corrected chi connectivity index (χ0v) is 14.2. The monoisotopic (exact) mass is 313 g/mol. The van der Waals surface area contributed by atoms with Crippen molar-refractivity contribution >= 4 is 0 Å². The molecular formula is C19H27N3O. The Hall–Kier alpha value is -1.65. The first kappa shape index (κ1) is 16.2. The highest BCUT2D eigenvalue weighted by Crippen LogP contribution is 2.26. The number of benzene rings is 1. The van der Waals surface area contributed by atoms with Crippen LogP contribution < -0.4 is 5.73 Å². The van der Waals surface area contributed by atoms with Crippen molar-refractivity contribution in [2.24, 2.45) is 11.7 Å². The molecule has 2 heterocycles. The second-order valence-corrected chi connectivity index (χ2v) is 6.66. The summed E-state index contributed by atoms with van der Waals surface area (Å²) in [5.74, 6) is 2.41. The van der Waals surface area contributed by atoms with Gasteiger partial charge in [0.1, 0.15) is 5.76 Å². The van der Waals surface area contributed by atoms with Gasteiger partial charge in [-0.05, 0) is 63.7 Å². The molecule has 0 radical (unpaired) electrons. The van der Waals surface area contributed by atoms with Crippen LogP contribution in [-0.4, -0.2) is 29.5 Å². The highest BCUT2D eigenvalue weighted by atomic mass is 16.4. The molecule has 2 N–H and O–H groups in total. The summed E-state index contributed by atoms with van der Waals surface area (Å²) in [6, 6.07) is 8.24. The van der Waals surface area contributed by atoms with E-state index >= 15 is 0 Å². The molecule has 1 aliphatic heterocycles. The van der Waals surface area contributed by atoms with E-state index in [0.29, 0.717) is 0 Å². The van der Waals surface area contributed by atoms with Gasteiger partial charge in [0.15, 0.2) is 0 Å². The van der Waals surface area contributed by atoms with E-state index < -0.39 is 0 Å². The van der Waals surface area contributed by atoms with Gasteiger partial charge in [0.2, 0.25) is 5.89 Å². The number of aromatic nitrogens is 1. The predicted octanol–water partition coefficient (Wildman–Crippen LogP) is 3.52. The number of rotatable bonds is 5. The Bertz CT molecular complexity index is 648. The van der Waals surface area contributed by atoms with Crippen LogP contribution in [0.25, 0.3) is 11.5 Å². The molecule has 124 valence electrons. The lowest BCUT2D eigenvalue weighted by Gasteiger charge is -2.32. The average Bonchev–Trinajstić information content (AvgIpc) is 2.89. The summed E-state index contributed by atoms with van der Waals surface area (Å²) in [5.41, 5.74) is 9.06. The maximum absolute atomic E-state index is 5.94. The van der Waals surface area contributed by atoms with E-state index in [-0.39, 0.29) is 0 Å². The lowest BCUT2D eigenvalue weighted by Crippen LogP contribution is -2.35. The van der Waals surface area contributed by atoms with Gasteiger partial charge in [-0.1, -0.05) is 18.2 Å². The van der Waals surface area contributed by atoms with Crippen LogP contribution in [-0.2, 0) is 6.54 Å². The molecule has 1 unspecified atom stereocenters.